The van der Waals surface area contributed by atoms with Crippen LogP contribution in [0.4, 0.5) is 17.1 Å². The number of aryl methyl sites for hydroxylation is 1. The quantitative estimate of drug-likeness (QED) is 0.723. The zero-order chi connectivity index (χ0) is 15.7. The number of carbonyl (C=O) groups is 1. The molecule has 0 saturated carbocycles. The summed E-state index contributed by atoms with van der Waals surface area (Å²) in [6.07, 6.45) is 0. The number of rotatable bonds is 3. The molecule has 2 aromatic rings. The summed E-state index contributed by atoms with van der Waals surface area (Å²) >= 11 is 18.4. The van der Waals surface area contributed by atoms with E-state index >= 15 is 0 Å². The van der Waals surface area contributed by atoms with Crippen molar-refractivity contribution < 1.29 is 4.79 Å². The average molecular weight is 345 g/mol. The van der Waals surface area contributed by atoms with Crippen LogP contribution in [-0.2, 0) is 0 Å². The minimum absolute atomic E-state index is 0.174. The van der Waals surface area contributed by atoms with Gasteiger partial charge in [-0.2, -0.15) is 0 Å². The summed E-state index contributed by atoms with van der Waals surface area (Å²) < 4.78 is 0. The molecule has 0 radical (unpaired) electrons. The first-order chi connectivity index (χ1) is 9.79. The van der Waals surface area contributed by atoms with E-state index in [0.29, 0.717) is 27.1 Å². The van der Waals surface area contributed by atoms with Crippen molar-refractivity contribution in [3.63, 3.8) is 0 Å². The third-order valence-electron chi connectivity index (χ3n) is 2.89. The molecule has 0 heterocycles. The fourth-order valence-corrected chi connectivity index (χ4v) is 2.53. The molecule has 0 unspecified atom stereocenters. The van der Waals surface area contributed by atoms with E-state index in [2.05, 4.69) is 5.32 Å². The van der Waals surface area contributed by atoms with Crippen molar-refractivity contribution in [1.82, 2.24) is 0 Å². The predicted molar refractivity (Wildman–Crippen MR) is 88.9 cm³/mol. The number of primary amides is 1. The lowest BCUT2D eigenvalue weighted by atomic mass is 10.1. The van der Waals surface area contributed by atoms with Gasteiger partial charge >= 0.3 is 0 Å². The molecular weight excluding hydrogens is 333 g/mol. The second-order valence-electron chi connectivity index (χ2n) is 4.50. The maximum Gasteiger partial charge on any atom is 0.250 e. The van der Waals surface area contributed by atoms with Crippen LogP contribution in [0.25, 0.3) is 0 Å². The minimum Gasteiger partial charge on any atom is -0.399 e. The number of nitrogens with one attached hydrogen (secondary N) is 1. The SMILES string of the molecule is Cc1cc(Cl)c(Nc2c(Cl)cc(N)cc2C(N)=O)cc1Cl. The van der Waals surface area contributed by atoms with E-state index in [-0.39, 0.29) is 10.6 Å². The summed E-state index contributed by atoms with van der Waals surface area (Å²) in [5.41, 5.74) is 13.2. The number of nitrogen functional groups attached to an aromatic ring is 1. The monoisotopic (exact) mass is 343 g/mol. The fourth-order valence-electron chi connectivity index (χ4n) is 1.83. The van der Waals surface area contributed by atoms with Crippen LogP contribution in [0, 0.1) is 6.92 Å². The zero-order valence-electron chi connectivity index (χ0n) is 11.0. The van der Waals surface area contributed by atoms with Crippen molar-refractivity contribution in [2.75, 3.05) is 11.1 Å². The van der Waals surface area contributed by atoms with E-state index < -0.39 is 5.91 Å². The number of carbonyl (C=O) groups excluding carboxylic acids is 1. The standard InChI is InChI=1S/C14H12Cl3N3O/c1-6-2-10(16)12(5-9(6)15)20-13-8(14(19)21)3-7(18)4-11(13)17/h2-5,20H,18H2,1H3,(H2,19,21). The molecule has 1 amide bonds. The van der Waals surface area contributed by atoms with Gasteiger partial charge in [-0.25, -0.2) is 0 Å². The van der Waals surface area contributed by atoms with E-state index in [0.717, 1.165) is 5.56 Å². The van der Waals surface area contributed by atoms with Gasteiger partial charge in [0.2, 0.25) is 0 Å². The zero-order valence-corrected chi connectivity index (χ0v) is 13.3. The Hall–Kier alpha value is -1.62. The highest BCUT2D eigenvalue weighted by atomic mass is 35.5. The van der Waals surface area contributed by atoms with E-state index in [1.807, 2.05) is 6.92 Å². The first-order valence-corrected chi connectivity index (χ1v) is 7.04. The summed E-state index contributed by atoms with van der Waals surface area (Å²) in [6.45, 7) is 1.84. The lowest BCUT2D eigenvalue weighted by Crippen LogP contribution is -2.14. The van der Waals surface area contributed by atoms with Crippen LogP contribution < -0.4 is 16.8 Å². The van der Waals surface area contributed by atoms with Crippen LogP contribution in [-0.4, -0.2) is 5.91 Å². The predicted octanol–water partition coefficient (Wildman–Crippen LogP) is 4.38. The van der Waals surface area contributed by atoms with E-state index in [9.17, 15) is 4.79 Å². The highest BCUT2D eigenvalue weighted by Gasteiger charge is 2.15. The fraction of sp³-hybridized carbons (Fsp3) is 0.0714. The van der Waals surface area contributed by atoms with E-state index in [4.69, 9.17) is 46.3 Å². The van der Waals surface area contributed by atoms with E-state index in [1.54, 1.807) is 12.1 Å². The summed E-state index contributed by atoms with van der Waals surface area (Å²) in [5.74, 6) is -0.652. The number of benzene rings is 2. The van der Waals surface area contributed by atoms with Crippen LogP contribution in [0.15, 0.2) is 24.3 Å². The summed E-state index contributed by atoms with van der Waals surface area (Å²) in [5, 5.41) is 4.22. The van der Waals surface area contributed by atoms with Gasteiger partial charge in [-0.15, -0.1) is 0 Å². The Balaban J connectivity index is 2.54. The van der Waals surface area contributed by atoms with Gasteiger partial charge in [0, 0.05) is 10.7 Å². The molecule has 0 fully saturated rings. The third-order valence-corrected chi connectivity index (χ3v) is 3.90. The van der Waals surface area contributed by atoms with Crippen molar-refractivity contribution >= 4 is 57.8 Å². The number of hydrogen-bond donors (Lipinski definition) is 3. The molecule has 4 nitrogen and oxygen atoms in total. The van der Waals surface area contributed by atoms with Crippen LogP contribution in [0.2, 0.25) is 15.1 Å². The first kappa shape index (κ1) is 15.8. The molecule has 2 aromatic carbocycles. The Morgan fingerprint density at radius 3 is 2.33 bits per heavy atom. The summed E-state index contributed by atoms with van der Waals surface area (Å²) in [4.78, 5) is 11.5. The average Bonchev–Trinajstić information content (AvgIpc) is 2.38. The largest absolute Gasteiger partial charge is 0.399 e. The highest BCUT2D eigenvalue weighted by Crippen LogP contribution is 2.36. The number of nitrogens with two attached hydrogens (primary N) is 2. The Morgan fingerprint density at radius 1 is 1.05 bits per heavy atom. The Bertz CT molecular complexity index is 732. The van der Waals surface area contributed by atoms with Gasteiger partial charge in [-0.3, -0.25) is 4.79 Å². The smallest absolute Gasteiger partial charge is 0.250 e. The molecule has 0 saturated heterocycles. The van der Waals surface area contributed by atoms with Gasteiger partial charge in [-0.1, -0.05) is 34.8 Å². The number of anilines is 3. The molecule has 0 aliphatic rings. The molecule has 5 N–H and O–H groups in total. The van der Waals surface area contributed by atoms with Crippen LogP contribution in [0.5, 0.6) is 0 Å². The maximum absolute atomic E-state index is 11.5. The van der Waals surface area contributed by atoms with Gasteiger partial charge in [-0.05, 0) is 36.8 Å². The molecule has 0 spiro atoms. The molecule has 2 rings (SSSR count). The Labute approximate surface area is 137 Å². The van der Waals surface area contributed by atoms with Crippen LogP contribution >= 0.6 is 34.8 Å². The molecule has 0 aliphatic carbocycles. The lowest BCUT2D eigenvalue weighted by Gasteiger charge is -2.15. The highest BCUT2D eigenvalue weighted by molar-refractivity contribution is 6.37. The molecule has 0 bridgehead atoms. The maximum atomic E-state index is 11.5. The second-order valence-corrected chi connectivity index (χ2v) is 5.72. The Morgan fingerprint density at radius 2 is 1.71 bits per heavy atom. The van der Waals surface area contributed by atoms with Crippen molar-refractivity contribution in [3.8, 4) is 0 Å². The normalized spacial score (nSPS) is 10.5. The molecule has 0 aromatic heterocycles. The van der Waals surface area contributed by atoms with Gasteiger partial charge in [0.25, 0.3) is 5.91 Å². The van der Waals surface area contributed by atoms with Crippen molar-refractivity contribution in [2.45, 2.75) is 6.92 Å². The topological polar surface area (TPSA) is 81.1 Å². The van der Waals surface area contributed by atoms with Crippen LogP contribution in [0.1, 0.15) is 15.9 Å². The number of hydrogen-bond acceptors (Lipinski definition) is 3. The van der Waals surface area contributed by atoms with Gasteiger partial charge < -0.3 is 16.8 Å². The van der Waals surface area contributed by atoms with Gasteiger partial charge in [0.15, 0.2) is 0 Å². The summed E-state index contributed by atoms with van der Waals surface area (Å²) in [6, 6.07) is 6.32. The third kappa shape index (κ3) is 3.35. The molecule has 0 aliphatic heterocycles. The minimum atomic E-state index is -0.652. The van der Waals surface area contributed by atoms with Crippen LogP contribution in [0.3, 0.4) is 0 Å². The first-order valence-electron chi connectivity index (χ1n) is 5.91. The van der Waals surface area contributed by atoms with Crippen molar-refractivity contribution in [1.29, 1.82) is 0 Å². The second kappa shape index (κ2) is 6.02. The molecule has 110 valence electrons. The molecule has 7 heteroatoms. The lowest BCUT2D eigenvalue weighted by molar-refractivity contribution is 0.100. The number of halogens is 3. The number of amides is 1. The van der Waals surface area contributed by atoms with E-state index in [1.165, 1.54) is 12.1 Å². The van der Waals surface area contributed by atoms with Crippen molar-refractivity contribution in [2.24, 2.45) is 5.73 Å². The molecule has 21 heavy (non-hydrogen) atoms. The van der Waals surface area contributed by atoms with Crippen molar-refractivity contribution in [3.05, 3.63) is 50.5 Å². The summed E-state index contributed by atoms with van der Waals surface area (Å²) in [7, 11) is 0. The Kier molecular flexibility index (Phi) is 4.52. The van der Waals surface area contributed by atoms with Gasteiger partial charge in [0.05, 0.1) is 27.0 Å². The molecule has 0 atom stereocenters. The molecular formula is C14H12Cl3N3O. The van der Waals surface area contributed by atoms with Gasteiger partial charge in [0.1, 0.15) is 0 Å².